The van der Waals surface area contributed by atoms with E-state index >= 15 is 0 Å². The molecule has 0 fully saturated rings. The molecule has 20 heavy (non-hydrogen) atoms. The van der Waals surface area contributed by atoms with Crippen LogP contribution < -0.4 is 5.32 Å². The number of nitrogens with one attached hydrogen (secondary N) is 1. The molecule has 0 aliphatic heterocycles. The van der Waals surface area contributed by atoms with Crippen LogP contribution in [0.1, 0.15) is 11.1 Å². The van der Waals surface area contributed by atoms with Crippen LogP contribution in [-0.2, 0) is 11.3 Å². The topological polar surface area (TPSA) is 29.1 Å². The summed E-state index contributed by atoms with van der Waals surface area (Å²) < 4.78 is 24.3. The molecule has 0 aliphatic rings. The van der Waals surface area contributed by atoms with Crippen molar-refractivity contribution in [1.82, 2.24) is 5.32 Å². The van der Waals surface area contributed by atoms with Gasteiger partial charge in [0, 0.05) is 6.54 Å². The first-order valence-electron chi connectivity index (χ1n) is 6.29. The van der Waals surface area contributed by atoms with Gasteiger partial charge in [0.2, 0.25) is 0 Å². The predicted molar refractivity (Wildman–Crippen MR) is 74.5 cm³/mol. The molecule has 2 rings (SSSR count). The van der Waals surface area contributed by atoms with Crippen molar-refractivity contribution in [2.75, 3.05) is 0 Å². The van der Waals surface area contributed by atoms with Crippen molar-refractivity contribution in [3.05, 3.63) is 59.7 Å². The molecule has 0 saturated carbocycles. The van der Waals surface area contributed by atoms with E-state index in [0.29, 0.717) is 0 Å². The number of carbonyl (C=O) groups excluding carboxylic acids is 1. The zero-order valence-corrected chi connectivity index (χ0v) is 11.1. The number of rotatable bonds is 4. The lowest BCUT2D eigenvalue weighted by Gasteiger charge is -2.10. The lowest BCUT2D eigenvalue weighted by molar-refractivity contribution is -0.131. The number of amides is 1. The Morgan fingerprint density at radius 3 is 2.45 bits per heavy atom. The quantitative estimate of drug-likeness (QED) is 0.908. The fraction of sp³-hybridized carbons (Fsp3) is 0.188. The number of hydrogen-bond donors (Lipinski definition) is 1. The zero-order valence-electron chi connectivity index (χ0n) is 11.1. The summed E-state index contributed by atoms with van der Waals surface area (Å²) in [4.78, 5) is 10.9. The number of aryl methyl sites for hydroxylation is 1. The van der Waals surface area contributed by atoms with Gasteiger partial charge in [-0.3, -0.25) is 4.79 Å². The van der Waals surface area contributed by atoms with E-state index in [1.54, 1.807) is 0 Å². The molecule has 0 heterocycles. The van der Waals surface area contributed by atoms with Gasteiger partial charge in [0.25, 0.3) is 5.91 Å². The molecule has 0 aliphatic carbocycles. The highest BCUT2D eigenvalue weighted by molar-refractivity contribution is 5.79. The van der Waals surface area contributed by atoms with Gasteiger partial charge in [0.1, 0.15) is 0 Å². The average Bonchev–Trinajstić information content (AvgIpc) is 2.47. The third kappa shape index (κ3) is 3.41. The van der Waals surface area contributed by atoms with Gasteiger partial charge in [-0.1, -0.05) is 42.5 Å². The maximum atomic E-state index is 12.2. The second kappa shape index (κ2) is 6.28. The summed E-state index contributed by atoms with van der Waals surface area (Å²) in [7, 11) is 0. The number of halogens is 2. The second-order valence-corrected chi connectivity index (χ2v) is 4.53. The summed E-state index contributed by atoms with van der Waals surface area (Å²) >= 11 is 0. The van der Waals surface area contributed by atoms with Gasteiger partial charge in [-0.2, -0.15) is 8.78 Å². The van der Waals surface area contributed by atoms with Gasteiger partial charge >= 0.3 is 6.43 Å². The Balaban J connectivity index is 2.19. The van der Waals surface area contributed by atoms with Crippen molar-refractivity contribution in [1.29, 1.82) is 0 Å². The van der Waals surface area contributed by atoms with E-state index in [2.05, 4.69) is 5.32 Å². The maximum absolute atomic E-state index is 12.2. The van der Waals surface area contributed by atoms with Crippen LogP contribution in [0.15, 0.2) is 48.5 Å². The van der Waals surface area contributed by atoms with Crippen LogP contribution >= 0.6 is 0 Å². The molecule has 2 aromatic carbocycles. The van der Waals surface area contributed by atoms with Crippen LogP contribution in [0.2, 0.25) is 0 Å². The second-order valence-electron chi connectivity index (χ2n) is 4.53. The van der Waals surface area contributed by atoms with Crippen LogP contribution in [0, 0.1) is 6.92 Å². The molecule has 0 unspecified atom stereocenters. The molecule has 0 radical (unpaired) electrons. The molecule has 0 saturated heterocycles. The van der Waals surface area contributed by atoms with E-state index in [9.17, 15) is 13.6 Å². The van der Waals surface area contributed by atoms with Gasteiger partial charge in [-0.05, 0) is 35.2 Å². The van der Waals surface area contributed by atoms with Gasteiger partial charge in [0.15, 0.2) is 0 Å². The van der Waals surface area contributed by atoms with Gasteiger partial charge in [-0.25, -0.2) is 0 Å². The molecule has 1 N–H and O–H groups in total. The average molecular weight is 275 g/mol. The minimum atomic E-state index is -2.98. The molecule has 4 heteroatoms. The third-order valence-corrected chi connectivity index (χ3v) is 3.11. The standard InChI is InChI=1S/C16H15F2NO/c1-11-7-8-13(12-5-3-2-4-6-12)9-14(11)10-19-16(20)15(17)18/h2-9,15H,10H2,1H3,(H,19,20). The summed E-state index contributed by atoms with van der Waals surface area (Å²) in [5.74, 6) is -1.24. The Kier molecular flexibility index (Phi) is 4.45. The summed E-state index contributed by atoms with van der Waals surface area (Å²) in [6, 6.07) is 15.6. The number of carbonyl (C=O) groups is 1. The number of hydrogen-bond acceptors (Lipinski definition) is 1. The van der Waals surface area contributed by atoms with Gasteiger partial charge in [0.05, 0.1) is 0 Å². The fourth-order valence-electron chi connectivity index (χ4n) is 1.93. The fourth-order valence-corrected chi connectivity index (χ4v) is 1.93. The van der Waals surface area contributed by atoms with E-state index in [0.717, 1.165) is 22.3 Å². The molecule has 0 aromatic heterocycles. The largest absolute Gasteiger partial charge is 0.347 e. The first kappa shape index (κ1) is 14.2. The number of benzene rings is 2. The highest BCUT2D eigenvalue weighted by Crippen LogP contribution is 2.22. The van der Waals surface area contributed by atoms with Crippen LogP contribution in [0.25, 0.3) is 11.1 Å². The van der Waals surface area contributed by atoms with E-state index in [-0.39, 0.29) is 6.54 Å². The Morgan fingerprint density at radius 1 is 1.10 bits per heavy atom. The molecular formula is C16H15F2NO. The molecule has 0 bridgehead atoms. The van der Waals surface area contributed by atoms with Crippen LogP contribution in [0.5, 0.6) is 0 Å². The van der Waals surface area contributed by atoms with Crippen molar-refractivity contribution in [3.63, 3.8) is 0 Å². The van der Waals surface area contributed by atoms with Crippen molar-refractivity contribution in [2.24, 2.45) is 0 Å². The molecule has 104 valence electrons. The molecular weight excluding hydrogens is 260 g/mol. The summed E-state index contributed by atoms with van der Waals surface area (Å²) in [6.07, 6.45) is -2.98. The number of alkyl halides is 2. The summed E-state index contributed by atoms with van der Waals surface area (Å²) in [5.41, 5.74) is 3.84. The summed E-state index contributed by atoms with van der Waals surface area (Å²) in [5, 5.41) is 2.23. The molecule has 2 aromatic rings. The van der Waals surface area contributed by atoms with Crippen LogP contribution in [0.4, 0.5) is 8.78 Å². The molecule has 0 spiro atoms. The van der Waals surface area contributed by atoms with Crippen LogP contribution in [0.3, 0.4) is 0 Å². The van der Waals surface area contributed by atoms with Gasteiger partial charge in [-0.15, -0.1) is 0 Å². The lowest BCUT2D eigenvalue weighted by atomic mass is 10.00. The first-order valence-corrected chi connectivity index (χ1v) is 6.29. The smallest absolute Gasteiger partial charge is 0.315 e. The van der Waals surface area contributed by atoms with Crippen molar-refractivity contribution in [3.8, 4) is 11.1 Å². The van der Waals surface area contributed by atoms with E-state index in [4.69, 9.17) is 0 Å². The normalized spacial score (nSPS) is 10.6. The Bertz CT molecular complexity index is 597. The van der Waals surface area contributed by atoms with E-state index in [1.165, 1.54) is 0 Å². The lowest BCUT2D eigenvalue weighted by Crippen LogP contribution is -2.29. The Labute approximate surface area is 116 Å². The SMILES string of the molecule is Cc1ccc(-c2ccccc2)cc1CNC(=O)C(F)F. The predicted octanol–water partition coefficient (Wildman–Crippen LogP) is 3.54. The minimum absolute atomic E-state index is 0.107. The highest BCUT2D eigenvalue weighted by atomic mass is 19.3. The maximum Gasteiger partial charge on any atom is 0.315 e. The minimum Gasteiger partial charge on any atom is -0.347 e. The van der Waals surface area contributed by atoms with Crippen molar-refractivity contribution >= 4 is 5.91 Å². The van der Waals surface area contributed by atoms with Crippen LogP contribution in [-0.4, -0.2) is 12.3 Å². The first-order chi connectivity index (χ1) is 9.58. The van der Waals surface area contributed by atoms with Crippen molar-refractivity contribution in [2.45, 2.75) is 19.9 Å². The highest BCUT2D eigenvalue weighted by Gasteiger charge is 2.14. The zero-order chi connectivity index (χ0) is 14.5. The molecule has 2 nitrogen and oxygen atoms in total. The monoisotopic (exact) mass is 275 g/mol. The summed E-state index contributed by atoms with van der Waals surface area (Å²) in [6.45, 7) is 1.99. The molecule has 0 atom stereocenters. The molecule has 1 amide bonds. The van der Waals surface area contributed by atoms with Crippen molar-refractivity contribution < 1.29 is 13.6 Å². The third-order valence-electron chi connectivity index (χ3n) is 3.11. The Morgan fingerprint density at radius 2 is 1.80 bits per heavy atom. The van der Waals surface area contributed by atoms with E-state index < -0.39 is 12.3 Å². The Hall–Kier alpha value is -2.23. The van der Waals surface area contributed by atoms with E-state index in [1.807, 2.05) is 55.5 Å². The van der Waals surface area contributed by atoms with Gasteiger partial charge < -0.3 is 5.32 Å².